The molecule has 1 aliphatic heterocycles. The lowest BCUT2D eigenvalue weighted by molar-refractivity contribution is -0.137. The van der Waals surface area contributed by atoms with E-state index in [1.165, 1.54) is 0 Å². The van der Waals surface area contributed by atoms with Gasteiger partial charge in [0.15, 0.2) is 0 Å². The Morgan fingerprint density at radius 1 is 1.23 bits per heavy atom. The predicted octanol–water partition coefficient (Wildman–Crippen LogP) is 2.87. The molecular weight excluding hydrogens is 350 g/mol. The Hall–Kier alpha value is -2.74. The Labute approximate surface area is 154 Å². The molecule has 8 heteroatoms. The van der Waals surface area contributed by atoms with Crippen LogP contribution in [-0.4, -0.2) is 44.1 Å². The van der Waals surface area contributed by atoms with Crippen LogP contribution in [0.1, 0.15) is 24.5 Å². The summed E-state index contributed by atoms with van der Waals surface area (Å²) in [5, 5.41) is 23.8. The molecule has 1 fully saturated rings. The highest BCUT2D eigenvalue weighted by molar-refractivity contribution is 7.18. The lowest BCUT2D eigenvalue weighted by atomic mass is 9.95. The maximum atomic E-state index is 11.0. The molecule has 2 aromatic heterocycles. The molecule has 1 atom stereocenters. The molecule has 3 aromatic rings. The van der Waals surface area contributed by atoms with Gasteiger partial charge in [-0.25, -0.2) is 0 Å². The van der Waals surface area contributed by atoms with Crippen LogP contribution in [0, 0.1) is 0 Å². The third-order valence-corrected chi connectivity index (χ3v) is 5.61. The van der Waals surface area contributed by atoms with Crippen molar-refractivity contribution in [2.45, 2.75) is 25.3 Å². The molecule has 0 spiro atoms. The van der Waals surface area contributed by atoms with Crippen LogP contribution in [0.3, 0.4) is 0 Å². The lowest BCUT2D eigenvalue weighted by Crippen LogP contribution is -2.35. The number of piperidine rings is 1. The van der Waals surface area contributed by atoms with Crippen molar-refractivity contribution in [3.8, 4) is 10.6 Å². The van der Waals surface area contributed by atoms with Crippen LogP contribution in [0.2, 0.25) is 0 Å². The monoisotopic (exact) mass is 369 g/mol. The second kappa shape index (κ2) is 7.25. The Kier molecular flexibility index (Phi) is 4.66. The fourth-order valence-electron chi connectivity index (χ4n) is 3.38. The first-order valence-corrected chi connectivity index (χ1v) is 9.40. The molecule has 3 heterocycles. The number of carboxylic acids is 1. The molecule has 7 nitrogen and oxygen atoms in total. The van der Waals surface area contributed by atoms with E-state index in [9.17, 15) is 4.79 Å². The molecule has 1 N–H and O–H groups in total. The standard InChI is InChI=1S/C18H19N5O2S/c24-16(25)12-23-15(8-9-19-23)14-7-4-10-22(11-14)18-21-20-17(26-18)13-5-2-1-3-6-13/h1-3,5-6,8-9,14H,4,7,10-12H2,(H,24,25)/t14-/m1/s1. The lowest BCUT2D eigenvalue weighted by Gasteiger charge is -2.32. The van der Waals surface area contributed by atoms with Gasteiger partial charge in [0, 0.05) is 36.5 Å². The number of benzene rings is 1. The zero-order chi connectivity index (χ0) is 17.9. The molecule has 0 radical (unpaired) electrons. The van der Waals surface area contributed by atoms with E-state index in [0.29, 0.717) is 0 Å². The SMILES string of the molecule is O=C(O)Cn1nccc1[C@@H]1CCCN(c2nnc(-c3ccccc3)s2)C1. The zero-order valence-electron chi connectivity index (χ0n) is 14.2. The second-order valence-corrected chi connectivity index (χ2v) is 7.30. The molecule has 134 valence electrons. The van der Waals surface area contributed by atoms with E-state index in [4.69, 9.17) is 5.11 Å². The summed E-state index contributed by atoms with van der Waals surface area (Å²) in [6.07, 6.45) is 3.73. The van der Waals surface area contributed by atoms with Crippen molar-refractivity contribution in [1.82, 2.24) is 20.0 Å². The molecule has 0 saturated carbocycles. The van der Waals surface area contributed by atoms with Gasteiger partial charge in [0.05, 0.1) is 0 Å². The zero-order valence-corrected chi connectivity index (χ0v) is 15.0. The first kappa shape index (κ1) is 16.7. The Morgan fingerprint density at radius 2 is 2.08 bits per heavy atom. The minimum absolute atomic E-state index is 0.101. The molecule has 1 aliphatic rings. The third kappa shape index (κ3) is 3.45. The normalized spacial score (nSPS) is 17.4. The molecule has 0 unspecified atom stereocenters. The summed E-state index contributed by atoms with van der Waals surface area (Å²) < 4.78 is 1.59. The molecule has 4 rings (SSSR count). The highest BCUT2D eigenvalue weighted by Gasteiger charge is 2.26. The number of carbonyl (C=O) groups is 1. The molecule has 0 amide bonds. The summed E-state index contributed by atoms with van der Waals surface area (Å²) in [5.41, 5.74) is 2.05. The number of nitrogens with zero attached hydrogens (tertiary/aromatic N) is 5. The number of rotatable bonds is 5. The van der Waals surface area contributed by atoms with E-state index >= 15 is 0 Å². The van der Waals surface area contributed by atoms with Crippen molar-refractivity contribution in [1.29, 1.82) is 0 Å². The molecule has 1 aromatic carbocycles. The summed E-state index contributed by atoms with van der Waals surface area (Å²) in [4.78, 5) is 13.3. The highest BCUT2D eigenvalue weighted by Crippen LogP contribution is 2.33. The van der Waals surface area contributed by atoms with Crippen molar-refractivity contribution >= 4 is 22.4 Å². The van der Waals surface area contributed by atoms with Gasteiger partial charge in [-0.15, -0.1) is 10.2 Å². The van der Waals surface area contributed by atoms with Crippen LogP contribution >= 0.6 is 11.3 Å². The maximum Gasteiger partial charge on any atom is 0.325 e. The van der Waals surface area contributed by atoms with Gasteiger partial charge >= 0.3 is 5.97 Å². The maximum absolute atomic E-state index is 11.0. The van der Waals surface area contributed by atoms with Crippen molar-refractivity contribution in [2.75, 3.05) is 18.0 Å². The molecule has 0 aliphatic carbocycles. The second-order valence-electron chi connectivity index (χ2n) is 6.35. The van der Waals surface area contributed by atoms with Gasteiger partial charge in [-0.3, -0.25) is 9.48 Å². The van der Waals surface area contributed by atoms with Gasteiger partial charge in [0.1, 0.15) is 11.6 Å². The van der Waals surface area contributed by atoms with Crippen LogP contribution in [0.4, 0.5) is 5.13 Å². The number of anilines is 1. The van der Waals surface area contributed by atoms with Gasteiger partial charge in [-0.2, -0.15) is 5.10 Å². The Balaban J connectivity index is 1.52. The van der Waals surface area contributed by atoms with Crippen molar-refractivity contribution < 1.29 is 9.90 Å². The largest absolute Gasteiger partial charge is 0.480 e. The summed E-state index contributed by atoms with van der Waals surface area (Å²) >= 11 is 1.59. The number of hydrogen-bond acceptors (Lipinski definition) is 6. The summed E-state index contributed by atoms with van der Waals surface area (Å²) in [7, 11) is 0. The number of aliphatic carboxylic acids is 1. The van der Waals surface area contributed by atoms with Gasteiger partial charge in [0.25, 0.3) is 0 Å². The van der Waals surface area contributed by atoms with E-state index in [1.54, 1.807) is 22.2 Å². The topological polar surface area (TPSA) is 84.1 Å². The van der Waals surface area contributed by atoms with Crippen LogP contribution in [-0.2, 0) is 11.3 Å². The van der Waals surface area contributed by atoms with Gasteiger partial charge in [-0.1, -0.05) is 41.7 Å². The minimum atomic E-state index is -0.876. The fraction of sp³-hybridized carbons (Fsp3) is 0.333. The molecular formula is C18H19N5O2S. The van der Waals surface area contributed by atoms with Gasteiger partial charge in [0.2, 0.25) is 5.13 Å². The van der Waals surface area contributed by atoms with Crippen molar-refractivity contribution in [3.05, 3.63) is 48.3 Å². The van der Waals surface area contributed by atoms with Crippen molar-refractivity contribution in [2.24, 2.45) is 0 Å². The summed E-state index contributed by atoms with van der Waals surface area (Å²) in [6, 6.07) is 12.0. The van der Waals surface area contributed by atoms with Crippen LogP contribution in [0.25, 0.3) is 10.6 Å². The van der Waals surface area contributed by atoms with E-state index in [0.717, 1.165) is 47.3 Å². The van der Waals surface area contributed by atoms with Gasteiger partial charge < -0.3 is 10.0 Å². The molecule has 0 bridgehead atoms. The van der Waals surface area contributed by atoms with Crippen LogP contribution in [0.5, 0.6) is 0 Å². The quantitative estimate of drug-likeness (QED) is 0.744. The smallest absolute Gasteiger partial charge is 0.325 e. The Bertz CT molecular complexity index is 892. The first-order chi connectivity index (χ1) is 12.7. The average Bonchev–Trinajstić information content (AvgIpc) is 3.32. The van der Waals surface area contributed by atoms with Crippen LogP contribution in [0.15, 0.2) is 42.6 Å². The van der Waals surface area contributed by atoms with E-state index in [-0.39, 0.29) is 12.5 Å². The molecule has 26 heavy (non-hydrogen) atoms. The summed E-state index contributed by atoms with van der Waals surface area (Å²) in [5.74, 6) is -0.631. The molecule has 1 saturated heterocycles. The predicted molar refractivity (Wildman–Crippen MR) is 99.4 cm³/mol. The van der Waals surface area contributed by atoms with Crippen molar-refractivity contribution in [3.63, 3.8) is 0 Å². The van der Waals surface area contributed by atoms with Crippen LogP contribution < -0.4 is 4.90 Å². The average molecular weight is 369 g/mol. The fourth-order valence-corrected chi connectivity index (χ4v) is 4.27. The Morgan fingerprint density at radius 3 is 2.88 bits per heavy atom. The number of hydrogen-bond donors (Lipinski definition) is 1. The third-order valence-electron chi connectivity index (χ3n) is 4.58. The number of carboxylic acid groups (broad SMARTS) is 1. The summed E-state index contributed by atoms with van der Waals surface area (Å²) in [6.45, 7) is 1.64. The number of aromatic nitrogens is 4. The first-order valence-electron chi connectivity index (χ1n) is 8.58. The minimum Gasteiger partial charge on any atom is -0.480 e. The van der Waals surface area contributed by atoms with Gasteiger partial charge in [-0.05, 0) is 18.9 Å². The highest BCUT2D eigenvalue weighted by atomic mass is 32.1. The van der Waals surface area contributed by atoms with E-state index < -0.39 is 5.97 Å². The van der Waals surface area contributed by atoms with E-state index in [1.807, 2.05) is 36.4 Å². The van der Waals surface area contributed by atoms with E-state index in [2.05, 4.69) is 20.2 Å².